The van der Waals surface area contributed by atoms with Crippen LogP contribution in [0.3, 0.4) is 0 Å². The van der Waals surface area contributed by atoms with Gasteiger partial charge < -0.3 is 5.32 Å². The number of rotatable bonds is 6. The first kappa shape index (κ1) is 17.9. The van der Waals surface area contributed by atoms with Crippen LogP contribution in [0.1, 0.15) is 56.2 Å². The monoisotopic (exact) mass is 356 g/mol. The van der Waals surface area contributed by atoms with Gasteiger partial charge in [0.05, 0.1) is 5.54 Å². The Morgan fingerprint density at radius 3 is 2.52 bits per heavy atom. The van der Waals surface area contributed by atoms with Crippen molar-refractivity contribution in [2.45, 2.75) is 56.9 Å². The number of carbonyl (C=O) groups is 1. The fourth-order valence-corrected chi connectivity index (χ4v) is 3.84. The summed E-state index contributed by atoms with van der Waals surface area (Å²) in [5.41, 5.74) is 1.99. The van der Waals surface area contributed by atoms with E-state index in [4.69, 9.17) is 11.6 Å². The average Bonchev–Trinajstić information content (AvgIpc) is 2.64. The molecule has 0 bridgehead atoms. The Morgan fingerprint density at radius 1 is 1.08 bits per heavy atom. The smallest absolute Gasteiger partial charge is 0.220 e. The van der Waals surface area contributed by atoms with Gasteiger partial charge in [-0.2, -0.15) is 0 Å². The lowest BCUT2D eigenvalue weighted by atomic mass is 9.76. The van der Waals surface area contributed by atoms with E-state index >= 15 is 0 Å². The molecule has 0 atom stereocenters. The van der Waals surface area contributed by atoms with Crippen LogP contribution in [0.15, 0.2) is 48.7 Å². The molecule has 0 unspecified atom stereocenters. The number of benzene rings is 1. The zero-order valence-electron chi connectivity index (χ0n) is 14.5. The minimum Gasteiger partial charge on any atom is -0.347 e. The second-order valence-electron chi connectivity index (χ2n) is 6.87. The van der Waals surface area contributed by atoms with E-state index in [9.17, 15) is 4.79 Å². The highest BCUT2D eigenvalue weighted by atomic mass is 35.5. The maximum absolute atomic E-state index is 12.6. The summed E-state index contributed by atoms with van der Waals surface area (Å²) in [5.74, 6) is 0.132. The van der Waals surface area contributed by atoms with Gasteiger partial charge in [0.1, 0.15) is 0 Å². The number of halogens is 1. The predicted molar refractivity (Wildman–Crippen MR) is 102 cm³/mol. The standard InChI is InChI=1S/C21H25ClN2O/c22-18-12-10-17(11-13-18)21(14-3-1-4-15-21)24-20(25)9-6-8-19-7-2-5-16-23-19/h2,5,7,10-13,16H,1,3-4,6,8-9,14-15H2,(H,24,25). The van der Waals surface area contributed by atoms with E-state index in [1.54, 1.807) is 6.20 Å². The van der Waals surface area contributed by atoms with Crippen molar-refractivity contribution in [1.29, 1.82) is 0 Å². The van der Waals surface area contributed by atoms with Crippen LogP contribution in [0.2, 0.25) is 5.02 Å². The molecule has 0 saturated heterocycles. The maximum Gasteiger partial charge on any atom is 0.220 e. The molecule has 0 spiro atoms. The summed E-state index contributed by atoms with van der Waals surface area (Å²) in [5, 5.41) is 4.08. The molecule has 3 rings (SSSR count). The minimum atomic E-state index is -0.231. The van der Waals surface area contributed by atoms with Crippen molar-refractivity contribution in [1.82, 2.24) is 10.3 Å². The first-order valence-electron chi connectivity index (χ1n) is 9.15. The van der Waals surface area contributed by atoms with Crippen LogP contribution in [-0.4, -0.2) is 10.9 Å². The van der Waals surface area contributed by atoms with Gasteiger partial charge in [-0.1, -0.05) is 49.1 Å². The molecule has 1 aliphatic rings. The predicted octanol–water partition coefficient (Wildman–Crippen LogP) is 5.03. The van der Waals surface area contributed by atoms with Crippen LogP contribution in [0.5, 0.6) is 0 Å². The highest BCUT2D eigenvalue weighted by molar-refractivity contribution is 6.30. The van der Waals surface area contributed by atoms with Gasteiger partial charge in [-0.05, 0) is 55.5 Å². The van der Waals surface area contributed by atoms with E-state index in [0.29, 0.717) is 6.42 Å². The van der Waals surface area contributed by atoms with E-state index < -0.39 is 0 Å². The molecular formula is C21H25ClN2O. The summed E-state index contributed by atoms with van der Waals surface area (Å²) in [4.78, 5) is 16.9. The number of hydrogen-bond donors (Lipinski definition) is 1. The lowest BCUT2D eigenvalue weighted by molar-refractivity contribution is -0.123. The number of aromatic nitrogens is 1. The molecule has 2 aromatic rings. The van der Waals surface area contributed by atoms with Gasteiger partial charge in [-0.3, -0.25) is 9.78 Å². The van der Waals surface area contributed by atoms with Crippen LogP contribution >= 0.6 is 11.6 Å². The van der Waals surface area contributed by atoms with Crippen molar-refractivity contribution < 1.29 is 4.79 Å². The normalized spacial score (nSPS) is 16.4. The highest BCUT2D eigenvalue weighted by Crippen LogP contribution is 2.37. The van der Waals surface area contributed by atoms with Crippen molar-refractivity contribution in [3.8, 4) is 0 Å². The first-order valence-corrected chi connectivity index (χ1v) is 9.53. The Kier molecular flexibility index (Phi) is 6.09. The van der Waals surface area contributed by atoms with Gasteiger partial charge in [0.25, 0.3) is 0 Å². The molecule has 1 aromatic heterocycles. The Balaban J connectivity index is 1.62. The highest BCUT2D eigenvalue weighted by Gasteiger charge is 2.35. The van der Waals surface area contributed by atoms with Crippen LogP contribution in [0.4, 0.5) is 0 Å². The number of pyridine rings is 1. The van der Waals surface area contributed by atoms with Crippen molar-refractivity contribution in [2.24, 2.45) is 0 Å². The van der Waals surface area contributed by atoms with Gasteiger partial charge in [0.2, 0.25) is 5.91 Å². The molecule has 1 aromatic carbocycles. The number of aryl methyl sites for hydroxylation is 1. The van der Waals surface area contributed by atoms with E-state index in [-0.39, 0.29) is 11.4 Å². The molecule has 0 radical (unpaired) electrons. The fourth-order valence-electron chi connectivity index (χ4n) is 3.72. The van der Waals surface area contributed by atoms with Crippen molar-refractivity contribution >= 4 is 17.5 Å². The van der Waals surface area contributed by atoms with Crippen LogP contribution in [0, 0.1) is 0 Å². The largest absolute Gasteiger partial charge is 0.347 e. The van der Waals surface area contributed by atoms with Gasteiger partial charge in [-0.15, -0.1) is 0 Å². The molecule has 4 heteroatoms. The number of nitrogens with one attached hydrogen (secondary N) is 1. The van der Waals surface area contributed by atoms with Crippen molar-refractivity contribution in [3.63, 3.8) is 0 Å². The molecule has 1 aliphatic carbocycles. The average molecular weight is 357 g/mol. The SMILES string of the molecule is O=C(CCCc1ccccn1)NC1(c2ccc(Cl)cc2)CCCCC1. The molecule has 1 N–H and O–H groups in total. The topological polar surface area (TPSA) is 42.0 Å². The summed E-state index contributed by atoms with van der Waals surface area (Å²) in [6.07, 6.45) is 9.53. The molecule has 3 nitrogen and oxygen atoms in total. The maximum atomic E-state index is 12.6. The van der Waals surface area contributed by atoms with Gasteiger partial charge in [0, 0.05) is 23.3 Å². The Hall–Kier alpha value is -1.87. The van der Waals surface area contributed by atoms with Gasteiger partial charge in [-0.25, -0.2) is 0 Å². The van der Waals surface area contributed by atoms with Gasteiger partial charge in [0.15, 0.2) is 0 Å². The zero-order chi connectivity index (χ0) is 17.5. The Morgan fingerprint density at radius 2 is 1.84 bits per heavy atom. The molecule has 0 aliphatic heterocycles. The second-order valence-corrected chi connectivity index (χ2v) is 7.31. The van der Waals surface area contributed by atoms with Crippen molar-refractivity contribution in [2.75, 3.05) is 0 Å². The molecule has 1 fully saturated rings. The van der Waals surface area contributed by atoms with Gasteiger partial charge >= 0.3 is 0 Å². The van der Waals surface area contributed by atoms with Crippen LogP contribution in [-0.2, 0) is 16.8 Å². The third-order valence-electron chi connectivity index (χ3n) is 5.05. The number of carbonyl (C=O) groups excluding carboxylic acids is 1. The number of amides is 1. The molecule has 1 heterocycles. The van der Waals surface area contributed by atoms with Crippen LogP contribution in [0.25, 0.3) is 0 Å². The van der Waals surface area contributed by atoms with E-state index in [2.05, 4.69) is 22.4 Å². The lowest BCUT2D eigenvalue weighted by Gasteiger charge is -2.39. The van der Waals surface area contributed by atoms with E-state index in [1.807, 2.05) is 30.3 Å². The summed E-state index contributed by atoms with van der Waals surface area (Å²) in [7, 11) is 0. The first-order chi connectivity index (χ1) is 12.2. The summed E-state index contributed by atoms with van der Waals surface area (Å²) in [6, 6.07) is 13.9. The molecule has 1 saturated carbocycles. The van der Waals surface area contributed by atoms with E-state index in [1.165, 1.54) is 12.0 Å². The summed E-state index contributed by atoms with van der Waals surface area (Å²) < 4.78 is 0. The third kappa shape index (κ3) is 4.82. The number of hydrogen-bond acceptors (Lipinski definition) is 2. The number of nitrogens with zero attached hydrogens (tertiary/aromatic N) is 1. The Bertz CT molecular complexity index is 679. The van der Waals surface area contributed by atoms with E-state index in [0.717, 1.165) is 49.2 Å². The minimum absolute atomic E-state index is 0.132. The quantitative estimate of drug-likeness (QED) is 0.788. The lowest BCUT2D eigenvalue weighted by Crippen LogP contribution is -2.47. The van der Waals surface area contributed by atoms with Crippen molar-refractivity contribution in [3.05, 3.63) is 64.9 Å². The van der Waals surface area contributed by atoms with Crippen LogP contribution < -0.4 is 5.32 Å². The molecule has 1 amide bonds. The summed E-state index contributed by atoms with van der Waals surface area (Å²) in [6.45, 7) is 0. The molecule has 132 valence electrons. The summed E-state index contributed by atoms with van der Waals surface area (Å²) >= 11 is 6.04. The molecule has 25 heavy (non-hydrogen) atoms. The second kappa shape index (κ2) is 8.48. The zero-order valence-corrected chi connectivity index (χ0v) is 15.3. The third-order valence-corrected chi connectivity index (χ3v) is 5.30. The fraction of sp³-hybridized carbons (Fsp3) is 0.429. The Labute approximate surface area is 154 Å². The molecular weight excluding hydrogens is 332 g/mol.